The summed E-state index contributed by atoms with van der Waals surface area (Å²) in [5.74, 6) is 0.347. The van der Waals surface area contributed by atoms with Gasteiger partial charge in [-0.2, -0.15) is 0 Å². The van der Waals surface area contributed by atoms with Crippen LogP contribution in [-0.2, 0) is 4.79 Å². The van der Waals surface area contributed by atoms with E-state index in [0.29, 0.717) is 18.5 Å². The van der Waals surface area contributed by atoms with E-state index in [9.17, 15) is 4.79 Å². The maximum absolute atomic E-state index is 11.9. The number of rotatable bonds is 8. The molecule has 2 N–H and O–H groups in total. The molecule has 88 valence electrons. The number of hydrogen-bond donors (Lipinski definition) is 1. The van der Waals surface area contributed by atoms with Gasteiger partial charge in [0.1, 0.15) is 0 Å². The lowest BCUT2D eigenvalue weighted by atomic mass is 10.2. The maximum atomic E-state index is 11.9. The Bertz CT molecular complexity index is 190. The zero-order valence-corrected chi connectivity index (χ0v) is 9.87. The summed E-state index contributed by atoms with van der Waals surface area (Å²) >= 11 is 0. The smallest absolute Gasteiger partial charge is 0.222 e. The first kappa shape index (κ1) is 12.5. The van der Waals surface area contributed by atoms with Gasteiger partial charge in [-0.1, -0.05) is 19.8 Å². The van der Waals surface area contributed by atoms with Crippen molar-refractivity contribution in [3.05, 3.63) is 0 Å². The largest absolute Gasteiger partial charge is 0.340 e. The van der Waals surface area contributed by atoms with E-state index in [1.54, 1.807) is 0 Å². The molecule has 0 spiro atoms. The summed E-state index contributed by atoms with van der Waals surface area (Å²) in [5.41, 5.74) is 5.48. The molecule has 15 heavy (non-hydrogen) atoms. The zero-order chi connectivity index (χ0) is 11.1. The van der Waals surface area contributed by atoms with Crippen LogP contribution in [0.4, 0.5) is 0 Å². The summed E-state index contributed by atoms with van der Waals surface area (Å²) in [4.78, 5) is 13.9. The molecule has 0 aromatic rings. The van der Waals surface area contributed by atoms with Crippen LogP contribution in [-0.4, -0.2) is 29.9 Å². The van der Waals surface area contributed by atoms with E-state index in [4.69, 9.17) is 5.73 Å². The molecule has 1 fully saturated rings. The number of carbonyl (C=O) groups is 1. The van der Waals surface area contributed by atoms with Crippen LogP contribution in [0.15, 0.2) is 0 Å². The van der Waals surface area contributed by atoms with E-state index in [-0.39, 0.29) is 0 Å². The fourth-order valence-electron chi connectivity index (χ4n) is 1.83. The van der Waals surface area contributed by atoms with Crippen LogP contribution in [0.3, 0.4) is 0 Å². The quantitative estimate of drug-likeness (QED) is 0.625. The summed E-state index contributed by atoms with van der Waals surface area (Å²) in [6, 6.07) is 0.547. The number of amides is 1. The molecule has 0 radical (unpaired) electrons. The summed E-state index contributed by atoms with van der Waals surface area (Å²) in [6.07, 6.45) is 7.46. The van der Waals surface area contributed by atoms with Gasteiger partial charge in [0.2, 0.25) is 5.91 Å². The maximum Gasteiger partial charge on any atom is 0.222 e. The van der Waals surface area contributed by atoms with Crippen molar-refractivity contribution in [1.29, 1.82) is 0 Å². The highest BCUT2D eigenvalue weighted by Gasteiger charge is 2.31. The van der Waals surface area contributed by atoms with E-state index in [1.165, 1.54) is 25.7 Å². The molecule has 1 aliphatic rings. The Kier molecular flexibility index (Phi) is 5.69. The van der Waals surface area contributed by atoms with Crippen LogP contribution in [0, 0.1) is 0 Å². The predicted molar refractivity (Wildman–Crippen MR) is 62.5 cm³/mol. The summed E-state index contributed by atoms with van der Waals surface area (Å²) in [5, 5.41) is 0. The Hall–Kier alpha value is -0.570. The lowest BCUT2D eigenvalue weighted by Gasteiger charge is -2.22. The van der Waals surface area contributed by atoms with Gasteiger partial charge in [0.15, 0.2) is 0 Å². The molecular formula is C12H24N2O. The van der Waals surface area contributed by atoms with Crippen LogP contribution in [0.25, 0.3) is 0 Å². The molecule has 1 aliphatic carbocycles. The molecule has 3 heteroatoms. The van der Waals surface area contributed by atoms with Gasteiger partial charge in [0.25, 0.3) is 0 Å². The minimum Gasteiger partial charge on any atom is -0.340 e. The second kappa shape index (κ2) is 6.83. The molecule has 0 aromatic carbocycles. The molecule has 1 amide bonds. The van der Waals surface area contributed by atoms with Crippen molar-refractivity contribution >= 4 is 5.91 Å². The number of hydrogen-bond acceptors (Lipinski definition) is 2. The van der Waals surface area contributed by atoms with Crippen LogP contribution < -0.4 is 5.73 Å². The third-order valence-electron chi connectivity index (χ3n) is 2.91. The average molecular weight is 212 g/mol. The van der Waals surface area contributed by atoms with Gasteiger partial charge in [-0.3, -0.25) is 4.79 Å². The number of nitrogens with zero attached hydrogens (tertiary/aromatic N) is 1. The van der Waals surface area contributed by atoms with E-state index in [1.807, 2.05) is 0 Å². The molecule has 0 unspecified atom stereocenters. The third kappa shape index (κ3) is 4.65. The van der Waals surface area contributed by atoms with E-state index in [0.717, 1.165) is 25.8 Å². The van der Waals surface area contributed by atoms with Gasteiger partial charge >= 0.3 is 0 Å². The molecule has 0 aliphatic heterocycles. The molecule has 0 aromatic heterocycles. The predicted octanol–water partition coefficient (Wildman–Crippen LogP) is 1.91. The first-order valence-corrected chi connectivity index (χ1v) is 6.29. The highest BCUT2D eigenvalue weighted by atomic mass is 16.2. The van der Waals surface area contributed by atoms with Crippen molar-refractivity contribution < 1.29 is 4.79 Å². The minimum atomic E-state index is 0.347. The highest BCUT2D eigenvalue weighted by Crippen LogP contribution is 2.27. The van der Waals surface area contributed by atoms with Crippen LogP contribution in [0.1, 0.15) is 51.9 Å². The summed E-state index contributed by atoms with van der Waals surface area (Å²) in [6.45, 7) is 3.72. The van der Waals surface area contributed by atoms with Gasteiger partial charge in [-0.05, 0) is 32.2 Å². The topological polar surface area (TPSA) is 46.3 Å². The van der Waals surface area contributed by atoms with Crippen molar-refractivity contribution in [3.8, 4) is 0 Å². The molecular weight excluding hydrogens is 188 g/mol. The Morgan fingerprint density at radius 2 is 2.07 bits per heavy atom. The molecule has 0 heterocycles. The molecule has 3 nitrogen and oxygen atoms in total. The molecule has 0 bridgehead atoms. The number of carbonyl (C=O) groups excluding carboxylic acids is 1. The number of unbranched alkanes of at least 4 members (excludes halogenated alkanes) is 2. The Morgan fingerprint density at radius 3 is 2.60 bits per heavy atom. The minimum absolute atomic E-state index is 0.347. The zero-order valence-electron chi connectivity index (χ0n) is 9.87. The Labute approximate surface area is 93.0 Å². The Balaban J connectivity index is 2.24. The van der Waals surface area contributed by atoms with Gasteiger partial charge < -0.3 is 10.6 Å². The van der Waals surface area contributed by atoms with E-state index >= 15 is 0 Å². The summed E-state index contributed by atoms with van der Waals surface area (Å²) < 4.78 is 0. The third-order valence-corrected chi connectivity index (χ3v) is 2.91. The lowest BCUT2D eigenvalue weighted by Crippen LogP contribution is -2.34. The van der Waals surface area contributed by atoms with Crippen LogP contribution in [0.5, 0.6) is 0 Å². The van der Waals surface area contributed by atoms with Gasteiger partial charge in [0, 0.05) is 19.0 Å². The van der Waals surface area contributed by atoms with Crippen molar-refractivity contribution in [2.24, 2.45) is 5.73 Å². The highest BCUT2D eigenvalue weighted by molar-refractivity contribution is 5.76. The van der Waals surface area contributed by atoms with Gasteiger partial charge in [0.05, 0.1) is 0 Å². The van der Waals surface area contributed by atoms with E-state index < -0.39 is 0 Å². The van der Waals surface area contributed by atoms with Crippen LogP contribution in [0.2, 0.25) is 0 Å². The first-order chi connectivity index (χ1) is 7.29. The van der Waals surface area contributed by atoms with Crippen molar-refractivity contribution in [2.75, 3.05) is 13.1 Å². The average Bonchev–Trinajstić information content (AvgIpc) is 3.03. The fourth-order valence-corrected chi connectivity index (χ4v) is 1.83. The fraction of sp³-hybridized carbons (Fsp3) is 0.917. The molecule has 0 atom stereocenters. The SMILES string of the molecule is CCCCCC(=O)N(CCCN)C1CC1. The molecule has 0 saturated heterocycles. The van der Waals surface area contributed by atoms with Crippen molar-refractivity contribution in [3.63, 3.8) is 0 Å². The second-order valence-corrected chi connectivity index (χ2v) is 4.42. The van der Waals surface area contributed by atoms with Gasteiger partial charge in [-0.15, -0.1) is 0 Å². The lowest BCUT2D eigenvalue weighted by molar-refractivity contribution is -0.131. The normalized spacial score (nSPS) is 15.3. The molecule has 1 saturated carbocycles. The monoisotopic (exact) mass is 212 g/mol. The second-order valence-electron chi connectivity index (χ2n) is 4.42. The van der Waals surface area contributed by atoms with Gasteiger partial charge in [-0.25, -0.2) is 0 Å². The Morgan fingerprint density at radius 1 is 1.33 bits per heavy atom. The summed E-state index contributed by atoms with van der Waals surface area (Å²) in [7, 11) is 0. The van der Waals surface area contributed by atoms with Crippen molar-refractivity contribution in [1.82, 2.24) is 4.90 Å². The number of nitrogens with two attached hydrogens (primary N) is 1. The van der Waals surface area contributed by atoms with E-state index in [2.05, 4.69) is 11.8 Å². The standard InChI is InChI=1S/C12H24N2O/c1-2-3-4-6-12(15)14(10-5-9-13)11-7-8-11/h11H,2-10,13H2,1H3. The molecule has 1 rings (SSSR count). The van der Waals surface area contributed by atoms with Crippen LogP contribution >= 0.6 is 0 Å². The van der Waals surface area contributed by atoms with Crippen molar-refractivity contribution in [2.45, 2.75) is 57.9 Å². The first-order valence-electron chi connectivity index (χ1n) is 6.29.